The molecule has 3 aromatic rings. The van der Waals surface area contributed by atoms with Gasteiger partial charge in [-0.25, -0.2) is 0 Å². The van der Waals surface area contributed by atoms with Gasteiger partial charge in [0.1, 0.15) is 11.3 Å². The van der Waals surface area contributed by atoms with Crippen molar-refractivity contribution in [2.75, 3.05) is 13.7 Å². The van der Waals surface area contributed by atoms with Gasteiger partial charge in [-0.2, -0.15) is 0 Å². The van der Waals surface area contributed by atoms with Crippen molar-refractivity contribution in [2.45, 2.75) is 37.1 Å². The van der Waals surface area contributed by atoms with E-state index < -0.39 is 11.4 Å². The lowest BCUT2D eigenvalue weighted by atomic mass is 9.67. The largest absolute Gasteiger partial charge is 0.497 e. The van der Waals surface area contributed by atoms with Gasteiger partial charge in [-0.1, -0.05) is 66.7 Å². The van der Waals surface area contributed by atoms with E-state index in [9.17, 15) is 9.59 Å². The Labute approximate surface area is 200 Å². The van der Waals surface area contributed by atoms with E-state index >= 15 is 0 Å². The van der Waals surface area contributed by atoms with Gasteiger partial charge in [0.05, 0.1) is 13.5 Å². The number of nitrogens with two attached hydrogens (primary N) is 1. The fraction of sp³-hybridized carbons (Fsp3) is 0.310. The smallest absolute Gasteiger partial charge is 0.244 e. The zero-order valence-corrected chi connectivity index (χ0v) is 19.4. The first-order valence-electron chi connectivity index (χ1n) is 11.9. The zero-order valence-electron chi connectivity index (χ0n) is 19.4. The molecule has 34 heavy (non-hydrogen) atoms. The van der Waals surface area contributed by atoms with Crippen LogP contribution in [0.15, 0.2) is 78.9 Å². The Morgan fingerprint density at radius 3 is 2.32 bits per heavy atom. The van der Waals surface area contributed by atoms with Gasteiger partial charge in [0.15, 0.2) is 0 Å². The molecule has 1 saturated heterocycles. The molecule has 0 saturated carbocycles. The van der Waals surface area contributed by atoms with E-state index in [-0.39, 0.29) is 24.2 Å². The molecule has 1 heterocycles. The number of benzene rings is 3. The molecule has 3 unspecified atom stereocenters. The van der Waals surface area contributed by atoms with Gasteiger partial charge in [0, 0.05) is 24.8 Å². The molecule has 1 fully saturated rings. The molecular weight excluding hydrogens is 424 g/mol. The molecule has 3 atom stereocenters. The second kappa shape index (κ2) is 8.98. The summed E-state index contributed by atoms with van der Waals surface area (Å²) >= 11 is 0. The van der Waals surface area contributed by atoms with Crippen molar-refractivity contribution >= 4 is 11.8 Å². The van der Waals surface area contributed by atoms with Gasteiger partial charge < -0.3 is 15.4 Å². The Morgan fingerprint density at radius 2 is 1.68 bits per heavy atom. The summed E-state index contributed by atoms with van der Waals surface area (Å²) in [6.45, 7) is 0.492. The van der Waals surface area contributed by atoms with Crippen LogP contribution in [0.4, 0.5) is 0 Å². The van der Waals surface area contributed by atoms with Crippen LogP contribution in [-0.4, -0.2) is 35.9 Å². The second-order valence-corrected chi connectivity index (χ2v) is 9.43. The van der Waals surface area contributed by atoms with E-state index in [1.54, 1.807) is 7.11 Å². The Bertz CT molecular complexity index is 1190. The van der Waals surface area contributed by atoms with Crippen LogP contribution in [0.1, 0.15) is 34.6 Å². The first-order valence-corrected chi connectivity index (χ1v) is 11.9. The lowest BCUT2D eigenvalue weighted by Gasteiger charge is -2.41. The SMILES string of the molecule is COc1ccc2c(c1)CCC1C2CN(C(=O)Cc2ccccc2)C1(Cc1ccccc1)C(N)=O. The van der Waals surface area contributed by atoms with Crippen molar-refractivity contribution in [3.8, 4) is 5.75 Å². The Morgan fingerprint density at radius 1 is 1.00 bits per heavy atom. The Hall–Kier alpha value is -3.60. The third-order valence-corrected chi connectivity index (χ3v) is 7.68. The molecule has 174 valence electrons. The third kappa shape index (κ3) is 3.75. The summed E-state index contributed by atoms with van der Waals surface area (Å²) in [5, 5.41) is 0. The maximum absolute atomic E-state index is 13.8. The summed E-state index contributed by atoms with van der Waals surface area (Å²) in [5.41, 5.74) is 9.54. The summed E-state index contributed by atoms with van der Waals surface area (Å²) in [7, 11) is 1.67. The number of amides is 2. The van der Waals surface area contributed by atoms with Crippen molar-refractivity contribution in [1.29, 1.82) is 0 Å². The molecule has 0 radical (unpaired) electrons. The number of aryl methyl sites for hydroxylation is 1. The van der Waals surface area contributed by atoms with Crippen LogP contribution in [0.5, 0.6) is 5.75 Å². The second-order valence-electron chi connectivity index (χ2n) is 9.43. The van der Waals surface area contributed by atoms with E-state index in [0.29, 0.717) is 13.0 Å². The van der Waals surface area contributed by atoms with Gasteiger partial charge in [0.2, 0.25) is 11.8 Å². The number of hydrogen-bond donors (Lipinski definition) is 1. The molecule has 5 nitrogen and oxygen atoms in total. The Kier molecular flexibility index (Phi) is 5.86. The molecule has 1 aliphatic carbocycles. The van der Waals surface area contributed by atoms with Gasteiger partial charge >= 0.3 is 0 Å². The van der Waals surface area contributed by atoms with Gasteiger partial charge in [-0.15, -0.1) is 0 Å². The van der Waals surface area contributed by atoms with Crippen molar-refractivity contribution in [3.05, 3.63) is 101 Å². The molecule has 1 aliphatic heterocycles. The summed E-state index contributed by atoms with van der Waals surface area (Å²) in [6.07, 6.45) is 2.31. The summed E-state index contributed by atoms with van der Waals surface area (Å²) < 4.78 is 5.44. The monoisotopic (exact) mass is 454 g/mol. The van der Waals surface area contributed by atoms with Crippen LogP contribution in [0.2, 0.25) is 0 Å². The minimum absolute atomic E-state index is 0.0363. The molecule has 5 heteroatoms. The topological polar surface area (TPSA) is 72.6 Å². The van der Waals surface area contributed by atoms with Gasteiger partial charge in [-0.05, 0) is 47.2 Å². The number of primary amides is 1. The summed E-state index contributed by atoms with van der Waals surface area (Å²) in [4.78, 5) is 29.0. The van der Waals surface area contributed by atoms with E-state index in [4.69, 9.17) is 10.5 Å². The quantitative estimate of drug-likeness (QED) is 0.614. The Balaban J connectivity index is 1.58. The van der Waals surface area contributed by atoms with Crippen molar-refractivity contribution in [3.63, 3.8) is 0 Å². The fourth-order valence-electron chi connectivity index (χ4n) is 6.10. The molecule has 0 spiro atoms. The third-order valence-electron chi connectivity index (χ3n) is 7.68. The predicted molar refractivity (Wildman–Crippen MR) is 131 cm³/mol. The zero-order chi connectivity index (χ0) is 23.7. The highest BCUT2D eigenvalue weighted by Gasteiger charge is 2.60. The lowest BCUT2D eigenvalue weighted by molar-refractivity contribution is -0.145. The summed E-state index contributed by atoms with van der Waals surface area (Å²) in [5.74, 6) is 0.390. The lowest BCUT2D eigenvalue weighted by Crippen LogP contribution is -2.61. The fourth-order valence-corrected chi connectivity index (χ4v) is 6.10. The minimum Gasteiger partial charge on any atom is -0.497 e. The maximum atomic E-state index is 13.8. The number of fused-ring (bicyclic) bond motifs is 3. The van der Waals surface area contributed by atoms with E-state index in [2.05, 4.69) is 12.1 Å². The van der Waals surface area contributed by atoms with Crippen molar-refractivity contribution in [2.24, 2.45) is 11.7 Å². The molecule has 2 amide bonds. The minimum atomic E-state index is -1.06. The number of carbonyl (C=O) groups excluding carboxylic acids is 2. The number of nitrogens with zero attached hydrogens (tertiary/aromatic N) is 1. The first-order chi connectivity index (χ1) is 16.5. The van der Waals surface area contributed by atoms with Gasteiger partial charge in [0.25, 0.3) is 0 Å². The number of likely N-dealkylation sites (tertiary alicyclic amines) is 1. The number of hydrogen-bond acceptors (Lipinski definition) is 3. The molecular formula is C29H30N2O3. The molecule has 2 aliphatic rings. The molecule has 0 aromatic heterocycles. The number of rotatable bonds is 6. The van der Waals surface area contributed by atoms with Crippen LogP contribution in [0.3, 0.4) is 0 Å². The van der Waals surface area contributed by atoms with Crippen molar-refractivity contribution < 1.29 is 14.3 Å². The van der Waals surface area contributed by atoms with E-state index in [1.807, 2.05) is 71.6 Å². The van der Waals surface area contributed by atoms with Crippen LogP contribution >= 0.6 is 0 Å². The van der Waals surface area contributed by atoms with E-state index in [1.165, 1.54) is 11.1 Å². The highest BCUT2D eigenvalue weighted by atomic mass is 16.5. The van der Waals surface area contributed by atoms with Crippen LogP contribution in [-0.2, 0) is 28.9 Å². The highest BCUT2D eigenvalue weighted by Crippen LogP contribution is 2.52. The number of carbonyl (C=O) groups is 2. The molecule has 2 N–H and O–H groups in total. The molecule has 0 bridgehead atoms. The van der Waals surface area contributed by atoms with E-state index in [0.717, 1.165) is 29.7 Å². The van der Waals surface area contributed by atoms with Crippen molar-refractivity contribution in [1.82, 2.24) is 4.90 Å². The average molecular weight is 455 g/mol. The van der Waals surface area contributed by atoms with Crippen LogP contribution < -0.4 is 10.5 Å². The highest BCUT2D eigenvalue weighted by molar-refractivity contribution is 5.93. The van der Waals surface area contributed by atoms with Crippen LogP contribution in [0.25, 0.3) is 0 Å². The molecule has 5 rings (SSSR count). The van der Waals surface area contributed by atoms with Gasteiger partial charge in [-0.3, -0.25) is 9.59 Å². The first kappa shape index (κ1) is 22.2. The normalized spacial score (nSPS) is 23.1. The summed E-state index contributed by atoms with van der Waals surface area (Å²) in [6, 6.07) is 25.8. The number of ether oxygens (including phenoxy) is 1. The number of methoxy groups -OCH3 is 1. The average Bonchev–Trinajstić information content (AvgIpc) is 3.20. The van der Waals surface area contributed by atoms with Crippen LogP contribution in [0, 0.1) is 5.92 Å². The predicted octanol–water partition coefficient (Wildman–Crippen LogP) is 3.89. The molecule has 3 aromatic carbocycles. The standard InChI is InChI=1S/C29H30N2O3/c1-34-23-13-14-24-22(17-23)12-15-26-25(24)19-31(27(32)16-20-8-4-2-5-9-20)29(26,28(30)33)18-21-10-6-3-7-11-21/h2-11,13-14,17,25-26H,12,15-16,18-19H2,1H3,(H2,30,33). The maximum Gasteiger partial charge on any atom is 0.244 e.